The lowest BCUT2D eigenvalue weighted by Crippen LogP contribution is -2.60. The first-order valence-electron chi connectivity index (χ1n) is 17.8. The van der Waals surface area contributed by atoms with Crippen molar-refractivity contribution in [1.82, 2.24) is 24.9 Å². The Morgan fingerprint density at radius 2 is 1.88 bits per heavy atom. The summed E-state index contributed by atoms with van der Waals surface area (Å²) in [5.74, 6) is 1.04. The fourth-order valence-electron chi connectivity index (χ4n) is 9.21. The fraction of sp³-hybridized carbons (Fsp3) is 0.553. The van der Waals surface area contributed by atoms with Crippen LogP contribution in [0.15, 0.2) is 60.9 Å². The van der Waals surface area contributed by atoms with Gasteiger partial charge in [-0.2, -0.15) is 10.4 Å². The molecular weight excluding hydrogens is 605 g/mol. The molecule has 1 N–H and O–H groups in total. The SMILES string of the molecule is COC(=O)N[C@H]1CCC[C@@H]1C(CN1CCC1)(c1cccc(F)c1)C1CCN(CC2CN(c3ccc(C#N)c(Cn4cccn4)c3)C2)CC1. The van der Waals surface area contributed by atoms with Crippen molar-refractivity contribution in [2.45, 2.75) is 56.5 Å². The molecule has 4 aliphatic rings. The van der Waals surface area contributed by atoms with Gasteiger partial charge in [0.1, 0.15) is 5.82 Å². The van der Waals surface area contributed by atoms with E-state index in [-0.39, 0.29) is 29.3 Å². The Labute approximate surface area is 283 Å². The van der Waals surface area contributed by atoms with Gasteiger partial charge in [0.2, 0.25) is 0 Å². The smallest absolute Gasteiger partial charge is 0.407 e. The van der Waals surface area contributed by atoms with Gasteiger partial charge in [0.05, 0.1) is 25.3 Å². The highest BCUT2D eigenvalue weighted by Crippen LogP contribution is 2.51. The molecule has 0 bridgehead atoms. The van der Waals surface area contributed by atoms with E-state index in [2.05, 4.69) is 49.4 Å². The Morgan fingerprint density at radius 3 is 2.56 bits per heavy atom. The zero-order valence-electron chi connectivity index (χ0n) is 28.1. The van der Waals surface area contributed by atoms with E-state index in [0.29, 0.717) is 23.9 Å². The molecule has 1 aromatic heterocycles. The maximum absolute atomic E-state index is 15.0. The van der Waals surface area contributed by atoms with Crippen LogP contribution < -0.4 is 10.2 Å². The number of carbonyl (C=O) groups is 1. The van der Waals surface area contributed by atoms with Crippen molar-refractivity contribution in [2.24, 2.45) is 17.8 Å². The number of piperidine rings is 1. The van der Waals surface area contributed by atoms with Gasteiger partial charge in [0.15, 0.2) is 0 Å². The number of likely N-dealkylation sites (tertiary alicyclic amines) is 2. The molecule has 4 heterocycles. The number of halogens is 1. The second-order valence-corrected chi connectivity index (χ2v) is 14.5. The highest BCUT2D eigenvalue weighted by atomic mass is 19.1. The van der Waals surface area contributed by atoms with E-state index in [1.165, 1.54) is 19.2 Å². The van der Waals surface area contributed by atoms with E-state index in [4.69, 9.17) is 4.74 Å². The first kappa shape index (κ1) is 32.6. The second-order valence-electron chi connectivity index (χ2n) is 14.5. The Morgan fingerprint density at radius 1 is 1.04 bits per heavy atom. The molecule has 3 saturated heterocycles. The van der Waals surface area contributed by atoms with Gasteiger partial charge in [-0.05, 0) is 118 Å². The molecule has 4 fully saturated rings. The topological polar surface area (TPSA) is 89.7 Å². The molecule has 254 valence electrons. The summed E-state index contributed by atoms with van der Waals surface area (Å²) in [6, 6.07) is 17.8. The number of amides is 1. The summed E-state index contributed by atoms with van der Waals surface area (Å²) in [6.45, 7) is 8.83. The zero-order valence-corrected chi connectivity index (χ0v) is 28.1. The number of methoxy groups -OCH3 is 1. The Hall–Kier alpha value is -3.94. The van der Waals surface area contributed by atoms with Crippen LogP contribution in [0.1, 0.15) is 55.2 Å². The summed E-state index contributed by atoms with van der Waals surface area (Å²) in [4.78, 5) is 20.1. The van der Waals surface area contributed by atoms with Crippen LogP contribution in [0.5, 0.6) is 0 Å². The number of carbonyl (C=O) groups excluding carboxylic acids is 1. The van der Waals surface area contributed by atoms with Crippen molar-refractivity contribution in [3.05, 3.63) is 83.4 Å². The van der Waals surface area contributed by atoms with Crippen molar-refractivity contribution >= 4 is 11.8 Å². The number of nitriles is 1. The number of ether oxygens (including phenoxy) is 1. The summed E-state index contributed by atoms with van der Waals surface area (Å²) in [5, 5.41) is 17.2. The number of alkyl carbamates (subject to hydrolysis) is 1. The Balaban J connectivity index is 1.03. The first-order valence-corrected chi connectivity index (χ1v) is 17.8. The summed E-state index contributed by atoms with van der Waals surface area (Å²) < 4.78 is 21.9. The van der Waals surface area contributed by atoms with E-state index in [1.54, 1.807) is 18.3 Å². The molecule has 48 heavy (non-hydrogen) atoms. The van der Waals surface area contributed by atoms with Gasteiger partial charge in [-0.25, -0.2) is 9.18 Å². The average molecular weight is 654 g/mol. The highest BCUT2D eigenvalue weighted by molar-refractivity contribution is 5.67. The van der Waals surface area contributed by atoms with Crippen LogP contribution >= 0.6 is 0 Å². The van der Waals surface area contributed by atoms with Gasteiger partial charge in [0, 0.05) is 61.6 Å². The molecule has 3 atom stereocenters. The molecule has 1 aliphatic carbocycles. The fourth-order valence-corrected chi connectivity index (χ4v) is 9.21. The molecule has 0 radical (unpaired) electrons. The molecule has 1 unspecified atom stereocenters. The third-order valence-corrected chi connectivity index (χ3v) is 11.7. The van der Waals surface area contributed by atoms with E-state index >= 15 is 0 Å². The number of benzene rings is 2. The van der Waals surface area contributed by atoms with Crippen LogP contribution in [0, 0.1) is 34.9 Å². The molecule has 2 aromatic carbocycles. The molecule has 3 aromatic rings. The predicted molar refractivity (Wildman–Crippen MR) is 183 cm³/mol. The van der Waals surface area contributed by atoms with Crippen molar-refractivity contribution in [1.29, 1.82) is 5.26 Å². The number of anilines is 1. The third-order valence-electron chi connectivity index (χ3n) is 11.7. The number of hydrogen-bond donors (Lipinski definition) is 1. The van der Waals surface area contributed by atoms with Crippen LogP contribution in [0.4, 0.5) is 14.9 Å². The van der Waals surface area contributed by atoms with Gasteiger partial charge >= 0.3 is 6.09 Å². The summed E-state index contributed by atoms with van der Waals surface area (Å²) in [7, 11) is 1.43. The van der Waals surface area contributed by atoms with Crippen LogP contribution in [0.2, 0.25) is 0 Å². The van der Waals surface area contributed by atoms with Crippen molar-refractivity contribution in [3.63, 3.8) is 0 Å². The molecule has 9 nitrogen and oxygen atoms in total. The minimum Gasteiger partial charge on any atom is -0.453 e. The van der Waals surface area contributed by atoms with E-state index in [1.807, 2.05) is 29.1 Å². The van der Waals surface area contributed by atoms with Crippen LogP contribution in [0.3, 0.4) is 0 Å². The number of rotatable bonds is 11. The van der Waals surface area contributed by atoms with Gasteiger partial charge in [0.25, 0.3) is 0 Å². The summed E-state index contributed by atoms with van der Waals surface area (Å²) in [6.07, 6.45) is 9.66. The van der Waals surface area contributed by atoms with Gasteiger partial charge in [-0.1, -0.05) is 18.6 Å². The van der Waals surface area contributed by atoms with Gasteiger partial charge < -0.3 is 24.8 Å². The van der Waals surface area contributed by atoms with Crippen LogP contribution in [-0.4, -0.2) is 91.2 Å². The highest BCUT2D eigenvalue weighted by Gasteiger charge is 2.53. The number of aromatic nitrogens is 2. The molecule has 10 heteroatoms. The molecular formula is C38H48FN7O2. The molecule has 1 saturated carbocycles. The maximum Gasteiger partial charge on any atom is 0.407 e. The quantitative estimate of drug-likeness (QED) is 0.302. The lowest BCUT2D eigenvalue weighted by Gasteiger charge is -2.54. The first-order chi connectivity index (χ1) is 23.4. The maximum atomic E-state index is 15.0. The summed E-state index contributed by atoms with van der Waals surface area (Å²) >= 11 is 0. The van der Waals surface area contributed by atoms with Crippen molar-refractivity contribution in [3.8, 4) is 6.07 Å². The van der Waals surface area contributed by atoms with E-state index < -0.39 is 0 Å². The van der Waals surface area contributed by atoms with Crippen molar-refractivity contribution in [2.75, 3.05) is 64.4 Å². The largest absolute Gasteiger partial charge is 0.453 e. The lowest BCUT2D eigenvalue weighted by atomic mass is 9.57. The normalized spacial score (nSPS) is 23.6. The van der Waals surface area contributed by atoms with Gasteiger partial charge in [-0.15, -0.1) is 0 Å². The van der Waals surface area contributed by atoms with Crippen LogP contribution in [0.25, 0.3) is 0 Å². The van der Waals surface area contributed by atoms with Crippen LogP contribution in [-0.2, 0) is 16.7 Å². The Kier molecular flexibility index (Phi) is 9.69. The molecule has 3 aliphatic heterocycles. The molecule has 1 amide bonds. The monoisotopic (exact) mass is 653 g/mol. The second kappa shape index (κ2) is 14.3. The minimum absolute atomic E-state index is 0.0169. The zero-order chi connectivity index (χ0) is 33.1. The lowest BCUT2D eigenvalue weighted by molar-refractivity contribution is 0.0223. The third kappa shape index (κ3) is 6.68. The Bertz CT molecular complexity index is 1590. The standard InChI is InChI=1S/C38H48FN7O2/c1-48-37(47)42-36-9-3-8-35(36)38(27-44-15-5-16-44,32-6-2-7-33(39)21-32)31-12-18-43(19-13-31)23-28-24-45(25-28)34-11-10-29(22-40)30(20-34)26-46-17-4-14-41-46/h2,4,6-7,10-11,14,17,20-21,28,31,35-36H,3,5,8-9,12-13,15-16,18-19,23-27H2,1H3,(H,42,47)/t35-,36-,38?/m0/s1. The molecule has 0 spiro atoms. The van der Waals surface area contributed by atoms with E-state index in [0.717, 1.165) is 95.6 Å². The van der Waals surface area contributed by atoms with Gasteiger partial charge in [-0.3, -0.25) is 4.68 Å². The van der Waals surface area contributed by atoms with Crippen molar-refractivity contribution < 1.29 is 13.9 Å². The van der Waals surface area contributed by atoms with E-state index in [9.17, 15) is 14.4 Å². The number of nitrogens with one attached hydrogen (secondary N) is 1. The summed E-state index contributed by atoms with van der Waals surface area (Å²) in [5.41, 5.74) is 3.72. The predicted octanol–water partition coefficient (Wildman–Crippen LogP) is 5.26. The minimum atomic E-state index is -0.372. The molecule has 7 rings (SSSR count). The average Bonchev–Trinajstić information content (AvgIpc) is 3.75. The number of hydrogen-bond acceptors (Lipinski definition) is 7. The number of nitrogens with zero attached hydrogens (tertiary/aromatic N) is 6.